The van der Waals surface area contributed by atoms with Crippen LogP contribution in [-0.4, -0.2) is 11.6 Å². The summed E-state index contributed by atoms with van der Waals surface area (Å²) in [5.74, 6) is 0.475. The van der Waals surface area contributed by atoms with Gasteiger partial charge in [0.15, 0.2) is 6.10 Å². The second-order valence-electron chi connectivity index (χ2n) is 4.52. The Kier molecular flexibility index (Phi) is 3.50. The van der Waals surface area contributed by atoms with Crippen molar-refractivity contribution in [3.05, 3.63) is 60.1 Å². The number of nitrogens with zero attached hydrogens (tertiary/aromatic N) is 1. The second-order valence-corrected chi connectivity index (χ2v) is 4.52. The lowest BCUT2D eigenvalue weighted by atomic mass is 10.1. The summed E-state index contributed by atoms with van der Waals surface area (Å²) in [5, 5.41) is 6.66. The summed E-state index contributed by atoms with van der Waals surface area (Å²) >= 11 is 0. The Morgan fingerprint density at radius 2 is 2.10 bits per heavy atom. The third-order valence-corrected chi connectivity index (χ3v) is 3.09. The van der Waals surface area contributed by atoms with Gasteiger partial charge in [0.1, 0.15) is 11.5 Å². The Bertz CT molecular complexity index is 605. The molecule has 0 saturated carbocycles. The van der Waals surface area contributed by atoms with Gasteiger partial charge in [-0.3, -0.25) is 4.79 Å². The van der Waals surface area contributed by atoms with Crippen molar-refractivity contribution in [3.63, 3.8) is 0 Å². The number of oxime groups is 1. The Hall–Kier alpha value is -2.56. The molecule has 5 heteroatoms. The minimum absolute atomic E-state index is 0.206. The van der Waals surface area contributed by atoms with Gasteiger partial charge in [-0.05, 0) is 17.7 Å². The molecular weight excluding hydrogens is 256 g/mol. The summed E-state index contributed by atoms with van der Waals surface area (Å²) in [6.07, 6.45) is 1.70. The van der Waals surface area contributed by atoms with Gasteiger partial charge in [-0.15, -0.1) is 0 Å². The van der Waals surface area contributed by atoms with Crippen molar-refractivity contribution >= 4 is 11.6 Å². The number of amides is 1. The standard InChI is InChI=1S/C15H14N2O3/c18-15(16-10-11-5-2-1-3-6-11)12-9-14(20-17-12)13-7-4-8-19-13/h1-8,14H,9-10H2,(H,16,18). The zero-order chi connectivity index (χ0) is 13.8. The zero-order valence-electron chi connectivity index (χ0n) is 10.8. The van der Waals surface area contributed by atoms with E-state index < -0.39 is 0 Å². The van der Waals surface area contributed by atoms with E-state index in [-0.39, 0.29) is 12.0 Å². The van der Waals surface area contributed by atoms with E-state index in [0.29, 0.717) is 24.4 Å². The molecule has 0 aliphatic carbocycles. The molecule has 1 aliphatic heterocycles. The second kappa shape index (κ2) is 5.61. The SMILES string of the molecule is O=C(NCc1ccccc1)C1=NOC(c2ccco2)C1. The highest BCUT2D eigenvalue weighted by Gasteiger charge is 2.28. The molecule has 1 aromatic carbocycles. The van der Waals surface area contributed by atoms with Crippen LogP contribution in [0.5, 0.6) is 0 Å². The van der Waals surface area contributed by atoms with E-state index in [4.69, 9.17) is 9.25 Å². The van der Waals surface area contributed by atoms with Gasteiger partial charge in [0, 0.05) is 13.0 Å². The Labute approximate surface area is 116 Å². The average Bonchev–Trinajstić information content (AvgIpc) is 3.16. The molecule has 2 heterocycles. The predicted octanol–water partition coefficient (Wildman–Crippen LogP) is 2.41. The van der Waals surface area contributed by atoms with Gasteiger partial charge >= 0.3 is 0 Å². The van der Waals surface area contributed by atoms with Crippen LogP contribution in [-0.2, 0) is 16.2 Å². The molecule has 1 atom stereocenters. The van der Waals surface area contributed by atoms with Crippen LogP contribution in [0, 0.1) is 0 Å². The highest BCUT2D eigenvalue weighted by molar-refractivity contribution is 6.39. The third kappa shape index (κ3) is 2.71. The van der Waals surface area contributed by atoms with Gasteiger partial charge in [-0.2, -0.15) is 0 Å². The molecule has 0 bridgehead atoms. The summed E-state index contributed by atoms with van der Waals surface area (Å²) in [5.41, 5.74) is 1.44. The van der Waals surface area contributed by atoms with Crippen molar-refractivity contribution < 1.29 is 14.0 Å². The van der Waals surface area contributed by atoms with Gasteiger partial charge in [0.05, 0.1) is 6.26 Å². The van der Waals surface area contributed by atoms with E-state index in [1.807, 2.05) is 36.4 Å². The fourth-order valence-corrected chi connectivity index (χ4v) is 2.02. The molecule has 1 amide bonds. The normalized spacial score (nSPS) is 17.4. The van der Waals surface area contributed by atoms with Crippen LogP contribution in [0.4, 0.5) is 0 Å². The summed E-state index contributed by atoms with van der Waals surface area (Å²) in [7, 11) is 0. The topological polar surface area (TPSA) is 63.8 Å². The number of furan rings is 1. The quantitative estimate of drug-likeness (QED) is 0.928. The maximum absolute atomic E-state index is 12.0. The molecule has 20 heavy (non-hydrogen) atoms. The first kappa shape index (κ1) is 12.5. The molecule has 0 saturated heterocycles. The molecule has 1 N–H and O–H groups in total. The lowest BCUT2D eigenvalue weighted by Crippen LogP contribution is -2.29. The summed E-state index contributed by atoms with van der Waals surface area (Å²) in [6.45, 7) is 0.476. The van der Waals surface area contributed by atoms with E-state index >= 15 is 0 Å². The van der Waals surface area contributed by atoms with Crippen molar-refractivity contribution in [2.45, 2.75) is 19.1 Å². The molecule has 2 aromatic rings. The Morgan fingerprint density at radius 1 is 1.25 bits per heavy atom. The highest BCUT2D eigenvalue weighted by atomic mass is 16.6. The Balaban J connectivity index is 1.54. The third-order valence-electron chi connectivity index (χ3n) is 3.09. The molecular formula is C15H14N2O3. The van der Waals surface area contributed by atoms with Gasteiger partial charge in [-0.1, -0.05) is 35.5 Å². The first-order valence-corrected chi connectivity index (χ1v) is 6.41. The van der Waals surface area contributed by atoms with E-state index in [1.165, 1.54) is 0 Å². The molecule has 0 radical (unpaired) electrons. The predicted molar refractivity (Wildman–Crippen MR) is 72.9 cm³/mol. The van der Waals surface area contributed by atoms with Crippen LogP contribution in [0.15, 0.2) is 58.3 Å². The maximum atomic E-state index is 12.0. The van der Waals surface area contributed by atoms with Crippen molar-refractivity contribution in [1.82, 2.24) is 5.32 Å². The van der Waals surface area contributed by atoms with Crippen molar-refractivity contribution in [3.8, 4) is 0 Å². The van der Waals surface area contributed by atoms with E-state index in [2.05, 4.69) is 10.5 Å². The monoisotopic (exact) mass is 270 g/mol. The molecule has 0 spiro atoms. The van der Waals surface area contributed by atoms with Gasteiger partial charge in [0.2, 0.25) is 0 Å². The fourth-order valence-electron chi connectivity index (χ4n) is 2.02. The van der Waals surface area contributed by atoms with Gasteiger partial charge in [0.25, 0.3) is 5.91 Å². The number of rotatable bonds is 4. The zero-order valence-corrected chi connectivity index (χ0v) is 10.8. The Morgan fingerprint density at radius 3 is 2.85 bits per heavy atom. The number of benzene rings is 1. The molecule has 1 aromatic heterocycles. The van der Waals surface area contributed by atoms with E-state index in [0.717, 1.165) is 5.56 Å². The maximum Gasteiger partial charge on any atom is 0.269 e. The van der Waals surface area contributed by atoms with Gasteiger partial charge in [-0.25, -0.2) is 0 Å². The first-order chi connectivity index (χ1) is 9.83. The van der Waals surface area contributed by atoms with Crippen molar-refractivity contribution in [2.75, 3.05) is 0 Å². The van der Waals surface area contributed by atoms with Crippen LogP contribution in [0.3, 0.4) is 0 Å². The van der Waals surface area contributed by atoms with Crippen LogP contribution in [0.25, 0.3) is 0 Å². The lowest BCUT2D eigenvalue weighted by molar-refractivity contribution is -0.115. The van der Waals surface area contributed by atoms with Crippen LogP contribution < -0.4 is 5.32 Å². The summed E-state index contributed by atoms with van der Waals surface area (Å²) < 4.78 is 5.24. The number of carbonyl (C=O) groups excluding carboxylic acids is 1. The molecule has 1 aliphatic rings. The molecule has 3 rings (SSSR count). The first-order valence-electron chi connectivity index (χ1n) is 6.41. The van der Waals surface area contributed by atoms with Crippen molar-refractivity contribution in [2.24, 2.45) is 5.16 Å². The minimum atomic E-state index is -0.303. The number of hydrogen-bond donors (Lipinski definition) is 1. The smallest absolute Gasteiger partial charge is 0.269 e. The fraction of sp³-hybridized carbons (Fsp3) is 0.200. The number of hydrogen-bond acceptors (Lipinski definition) is 4. The molecule has 1 unspecified atom stereocenters. The van der Waals surface area contributed by atoms with Gasteiger partial charge < -0.3 is 14.6 Å². The molecule has 102 valence electrons. The van der Waals surface area contributed by atoms with Crippen LogP contribution >= 0.6 is 0 Å². The largest absolute Gasteiger partial charge is 0.465 e. The number of nitrogens with one attached hydrogen (secondary N) is 1. The van der Waals surface area contributed by atoms with E-state index in [9.17, 15) is 4.79 Å². The highest BCUT2D eigenvalue weighted by Crippen LogP contribution is 2.27. The van der Waals surface area contributed by atoms with Crippen LogP contribution in [0.2, 0.25) is 0 Å². The summed E-state index contributed by atoms with van der Waals surface area (Å²) in [6, 6.07) is 13.3. The lowest BCUT2D eigenvalue weighted by Gasteiger charge is -2.04. The van der Waals surface area contributed by atoms with Crippen LogP contribution in [0.1, 0.15) is 23.8 Å². The number of carbonyl (C=O) groups is 1. The average molecular weight is 270 g/mol. The van der Waals surface area contributed by atoms with Crippen molar-refractivity contribution in [1.29, 1.82) is 0 Å². The minimum Gasteiger partial charge on any atom is -0.465 e. The molecule has 5 nitrogen and oxygen atoms in total. The summed E-state index contributed by atoms with van der Waals surface area (Å²) in [4.78, 5) is 17.2. The molecule has 0 fully saturated rings. The van der Waals surface area contributed by atoms with E-state index in [1.54, 1.807) is 12.3 Å².